The van der Waals surface area contributed by atoms with Gasteiger partial charge in [-0.1, -0.05) is 91.0 Å². The SMILES string of the molecule is CN1CCC(c2ccccc2)(c2ccccc2)O[C@@H]1c1ccccc1. The van der Waals surface area contributed by atoms with Gasteiger partial charge in [0.1, 0.15) is 11.8 Å². The lowest BCUT2D eigenvalue weighted by atomic mass is 9.82. The molecule has 0 aromatic heterocycles. The summed E-state index contributed by atoms with van der Waals surface area (Å²) in [5.41, 5.74) is 3.21. The molecular formula is C23H23NO. The van der Waals surface area contributed by atoms with Crippen molar-refractivity contribution in [1.29, 1.82) is 0 Å². The molecule has 0 aliphatic carbocycles. The Morgan fingerprint density at radius 1 is 0.760 bits per heavy atom. The van der Waals surface area contributed by atoms with Crippen molar-refractivity contribution in [3.05, 3.63) is 108 Å². The molecule has 2 nitrogen and oxygen atoms in total. The molecule has 1 saturated heterocycles. The van der Waals surface area contributed by atoms with E-state index in [0.717, 1.165) is 13.0 Å². The Bertz CT molecular complexity index is 762. The summed E-state index contributed by atoms with van der Waals surface area (Å²) in [5.74, 6) is 0. The maximum atomic E-state index is 6.87. The van der Waals surface area contributed by atoms with Crippen molar-refractivity contribution in [1.82, 2.24) is 4.90 Å². The Morgan fingerprint density at radius 2 is 1.24 bits per heavy atom. The standard InChI is InChI=1S/C23H23NO/c1-24-18-17-23(20-13-7-3-8-14-20,21-15-9-4-10-16-21)25-22(24)19-11-5-2-6-12-19/h2-16,22H,17-18H2,1H3/t22-/m1/s1. The second-order valence-corrected chi connectivity index (χ2v) is 6.67. The fourth-order valence-electron chi connectivity index (χ4n) is 3.74. The normalized spacial score (nSPS) is 20.3. The van der Waals surface area contributed by atoms with Crippen LogP contribution < -0.4 is 0 Å². The summed E-state index contributed by atoms with van der Waals surface area (Å²) in [6, 6.07) is 31.7. The van der Waals surface area contributed by atoms with E-state index in [-0.39, 0.29) is 6.23 Å². The van der Waals surface area contributed by atoms with E-state index in [2.05, 4.69) is 96.9 Å². The van der Waals surface area contributed by atoms with E-state index < -0.39 is 5.60 Å². The quantitative estimate of drug-likeness (QED) is 0.672. The van der Waals surface area contributed by atoms with E-state index in [4.69, 9.17) is 4.74 Å². The first-order chi connectivity index (χ1) is 12.3. The Kier molecular flexibility index (Phi) is 4.39. The minimum absolute atomic E-state index is 0.0598. The molecule has 0 unspecified atom stereocenters. The van der Waals surface area contributed by atoms with Gasteiger partial charge in [-0.3, -0.25) is 4.90 Å². The summed E-state index contributed by atoms with van der Waals surface area (Å²) in [4.78, 5) is 2.29. The van der Waals surface area contributed by atoms with Gasteiger partial charge in [-0.15, -0.1) is 0 Å². The zero-order valence-electron chi connectivity index (χ0n) is 14.5. The van der Waals surface area contributed by atoms with Crippen molar-refractivity contribution in [2.45, 2.75) is 18.2 Å². The zero-order chi connectivity index (χ0) is 17.1. The van der Waals surface area contributed by atoms with Gasteiger partial charge in [-0.2, -0.15) is 0 Å². The molecule has 1 aliphatic heterocycles. The van der Waals surface area contributed by atoms with Gasteiger partial charge in [-0.25, -0.2) is 0 Å². The first kappa shape index (κ1) is 16.1. The Labute approximate surface area is 149 Å². The van der Waals surface area contributed by atoms with Crippen LogP contribution in [0, 0.1) is 0 Å². The number of hydrogen-bond acceptors (Lipinski definition) is 2. The number of nitrogens with zero attached hydrogens (tertiary/aromatic N) is 1. The monoisotopic (exact) mass is 329 g/mol. The third-order valence-corrected chi connectivity index (χ3v) is 5.09. The summed E-state index contributed by atoms with van der Waals surface area (Å²) in [6.45, 7) is 0.976. The molecule has 0 radical (unpaired) electrons. The highest BCUT2D eigenvalue weighted by Gasteiger charge is 2.42. The van der Waals surface area contributed by atoms with Crippen LogP contribution in [0.2, 0.25) is 0 Å². The first-order valence-electron chi connectivity index (χ1n) is 8.84. The lowest BCUT2D eigenvalue weighted by Crippen LogP contribution is -2.45. The fourth-order valence-corrected chi connectivity index (χ4v) is 3.74. The number of hydrogen-bond donors (Lipinski definition) is 0. The Hall–Kier alpha value is -2.42. The van der Waals surface area contributed by atoms with Crippen molar-refractivity contribution in [3.8, 4) is 0 Å². The van der Waals surface area contributed by atoms with Crippen molar-refractivity contribution < 1.29 is 4.74 Å². The summed E-state index contributed by atoms with van der Waals surface area (Å²) >= 11 is 0. The molecule has 1 heterocycles. The minimum Gasteiger partial charge on any atom is -0.343 e. The molecule has 2 heteroatoms. The average Bonchev–Trinajstić information content (AvgIpc) is 2.71. The molecule has 3 aromatic carbocycles. The molecule has 1 fully saturated rings. The molecule has 1 atom stereocenters. The molecule has 0 amide bonds. The van der Waals surface area contributed by atoms with Gasteiger partial charge in [0.2, 0.25) is 0 Å². The molecule has 0 bridgehead atoms. The third-order valence-electron chi connectivity index (χ3n) is 5.09. The molecule has 4 rings (SSSR count). The number of rotatable bonds is 3. The largest absolute Gasteiger partial charge is 0.343 e. The first-order valence-corrected chi connectivity index (χ1v) is 8.84. The van der Waals surface area contributed by atoms with Crippen molar-refractivity contribution >= 4 is 0 Å². The lowest BCUT2D eigenvalue weighted by Gasteiger charge is -2.46. The maximum absolute atomic E-state index is 6.87. The van der Waals surface area contributed by atoms with Crippen molar-refractivity contribution in [2.24, 2.45) is 0 Å². The Morgan fingerprint density at radius 3 is 1.76 bits per heavy atom. The minimum atomic E-state index is -0.421. The molecule has 3 aromatic rings. The molecule has 1 aliphatic rings. The predicted octanol–water partition coefficient (Wildman–Crippen LogP) is 4.98. The summed E-state index contributed by atoms with van der Waals surface area (Å²) in [5, 5.41) is 0. The van der Waals surface area contributed by atoms with Crippen molar-refractivity contribution in [2.75, 3.05) is 13.6 Å². The second kappa shape index (κ2) is 6.83. The highest BCUT2D eigenvalue weighted by molar-refractivity contribution is 5.37. The highest BCUT2D eigenvalue weighted by Crippen LogP contribution is 2.45. The molecule has 0 saturated carbocycles. The van der Waals surface area contributed by atoms with Gasteiger partial charge in [-0.05, 0) is 30.2 Å². The van der Waals surface area contributed by atoms with Crippen LogP contribution in [0.25, 0.3) is 0 Å². The Balaban J connectivity index is 1.82. The maximum Gasteiger partial charge on any atom is 0.138 e. The van der Waals surface area contributed by atoms with E-state index >= 15 is 0 Å². The highest BCUT2D eigenvalue weighted by atomic mass is 16.5. The summed E-state index contributed by atoms with van der Waals surface area (Å²) in [7, 11) is 2.14. The van der Waals surface area contributed by atoms with Gasteiger partial charge in [0.25, 0.3) is 0 Å². The van der Waals surface area contributed by atoms with E-state index in [0.29, 0.717) is 0 Å². The lowest BCUT2D eigenvalue weighted by molar-refractivity contribution is -0.179. The zero-order valence-corrected chi connectivity index (χ0v) is 14.5. The van der Waals surface area contributed by atoms with E-state index in [1.54, 1.807) is 0 Å². The average molecular weight is 329 g/mol. The van der Waals surface area contributed by atoms with Crippen LogP contribution in [-0.4, -0.2) is 18.5 Å². The van der Waals surface area contributed by atoms with Crippen LogP contribution in [0.4, 0.5) is 0 Å². The van der Waals surface area contributed by atoms with Gasteiger partial charge in [0, 0.05) is 6.54 Å². The van der Waals surface area contributed by atoms with Crippen LogP contribution >= 0.6 is 0 Å². The van der Waals surface area contributed by atoms with E-state index in [1.165, 1.54) is 16.7 Å². The van der Waals surface area contributed by atoms with Gasteiger partial charge in [0.15, 0.2) is 0 Å². The number of ether oxygens (including phenoxy) is 1. The van der Waals surface area contributed by atoms with Gasteiger partial charge in [0.05, 0.1) is 0 Å². The number of benzene rings is 3. The van der Waals surface area contributed by atoms with E-state index in [1.807, 2.05) is 6.07 Å². The van der Waals surface area contributed by atoms with Gasteiger partial charge >= 0.3 is 0 Å². The molecular weight excluding hydrogens is 306 g/mol. The second-order valence-electron chi connectivity index (χ2n) is 6.67. The van der Waals surface area contributed by atoms with Gasteiger partial charge < -0.3 is 4.74 Å². The third kappa shape index (κ3) is 2.99. The predicted molar refractivity (Wildman–Crippen MR) is 101 cm³/mol. The van der Waals surface area contributed by atoms with Crippen LogP contribution in [0.5, 0.6) is 0 Å². The van der Waals surface area contributed by atoms with E-state index in [9.17, 15) is 0 Å². The molecule has 0 spiro atoms. The van der Waals surface area contributed by atoms with Crippen LogP contribution in [0.1, 0.15) is 29.3 Å². The van der Waals surface area contributed by atoms with Crippen LogP contribution in [0.3, 0.4) is 0 Å². The summed E-state index contributed by atoms with van der Waals surface area (Å²) < 4.78 is 6.87. The molecule has 126 valence electrons. The van der Waals surface area contributed by atoms with Crippen LogP contribution in [-0.2, 0) is 10.3 Å². The molecule has 0 N–H and O–H groups in total. The van der Waals surface area contributed by atoms with Crippen LogP contribution in [0.15, 0.2) is 91.0 Å². The fraction of sp³-hybridized carbons (Fsp3) is 0.217. The molecule has 25 heavy (non-hydrogen) atoms. The van der Waals surface area contributed by atoms with Crippen molar-refractivity contribution in [3.63, 3.8) is 0 Å². The topological polar surface area (TPSA) is 12.5 Å². The summed E-state index contributed by atoms with van der Waals surface area (Å²) in [6.07, 6.45) is 0.872. The smallest absolute Gasteiger partial charge is 0.138 e.